The SMILES string of the molecule is NCc1c(C(=O)O)cnc(OC(F)(F)F)c1O. The van der Waals surface area contributed by atoms with Gasteiger partial charge in [0.05, 0.1) is 5.56 Å². The van der Waals surface area contributed by atoms with Crippen LogP contribution in [0.4, 0.5) is 13.2 Å². The molecule has 0 unspecified atom stereocenters. The number of aromatic hydroxyl groups is 1. The van der Waals surface area contributed by atoms with Gasteiger partial charge in [-0.15, -0.1) is 13.2 Å². The Hall–Kier alpha value is -2.03. The molecule has 0 saturated carbocycles. The highest BCUT2D eigenvalue weighted by Crippen LogP contribution is 2.33. The van der Waals surface area contributed by atoms with Crippen molar-refractivity contribution in [2.75, 3.05) is 0 Å². The number of alkyl halides is 3. The lowest BCUT2D eigenvalue weighted by Crippen LogP contribution is -2.19. The Morgan fingerprint density at radius 1 is 1.53 bits per heavy atom. The molecule has 9 heteroatoms. The molecular weight excluding hydrogens is 245 g/mol. The average Bonchev–Trinajstić information content (AvgIpc) is 2.18. The van der Waals surface area contributed by atoms with Crippen LogP contribution < -0.4 is 10.5 Å². The molecule has 0 aliphatic rings. The van der Waals surface area contributed by atoms with Crippen LogP contribution in [-0.2, 0) is 6.54 Å². The largest absolute Gasteiger partial charge is 0.574 e. The topological polar surface area (TPSA) is 106 Å². The smallest absolute Gasteiger partial charge is 0.503 e. The van der Waals surface area contributed by atoms with Crippen molar-refractivity contribution in [3.8, 4) is 11.6 Å². The number of pyridine rings is 1. The maximum absolute atomic E-state index is 11.9. The second-order valence-electron chi connectivity index (χ2n) is 2.86. The van der Waals surface area contributed by atoms with Gasteiger partial charge in [0.25, 0.3) is 5.88 Å². The number of carbonyl (C=O) groups is 1. The van der Waals surface area contributed by atoms with E-state index in [0.29, 0.717) is 6.20 Å². The van der Waals surface area contributed by atoms with Crippen molar-refractivity contribution in [1.82, 2.24) is 4.98 Å². The molecule has 0 saturated heterocycles. The van der Waals surface area contributed by atoms with E-state index in [0.717, 1.165) is 0 Å². The molecule has 0 radical (unpaired) electrons. The monoisotopic (exact) mass is 252 g/mol. The van der Waals surface area contributed by atoms with Gasteiger partial charge in [0.15, 0.2) is 5.75 Å². The van der Waals surface area contributed by atoms with Crippen molar-refractivity contribution < 1.29 is 32.9 Å². The number of carboxylic acids is 1. The first kappa shape index (κ1) is 13.0. The molecule has 0 amide bonds. The predicted octanol–water partition coefficient (Wildman–Crippen LogP) is 0.843. The number of nitrogens with two attached hydrogens (primary N) is 1. The van der Waals surface area contributed by atoms with Gasteiger partial charge in [-0.2, -0.15) is 0 Å². The van der Waals surface area contributed by atoms with Gasteiger partial charge in [-0.25, -0.2) is 9.78 Å². The number of rotatable bonds is 3. The first-order valence-corrected chi connectivity index (χ1v) is 4.16. The Kier molecular flexibility index (Phi) is 3.42. The molecule has 0 atom stereocenters. The molecule has 0 aliphatic carbocycles. The fraction of sp³-hybridized carbons (Fsp3) is 0.250. The zero-order valence-corrected chi connectivity index (χ0v) is 8.15. The summed E-state index contributed by atoms with van der Waals surface area (Å²) in [5.41, 5.74) is 4.26. The molecule has 0 fully saturated rings. The van der Waals surface area contributed by atoms with Crippen molar-refractivity contribution in [2.45, 2.75) is 12.9 Å². The molecule has 1 aromatic rings. The molecule has 0 bridgehead atoms. The molecule has 17 heavy (non-hydrogen) atoms. The van der Waals surface area contributed by atoms with Crippen LogP contribution in [0.15, 0.2) is 6.20 Å². The summed E-state index contributed by atoms with van der Waals surface area (Å²) in [6.45, 7) is -0.468. The molecule has 0 aromatic carbocycles. The lowest BCUT2D eigenvalue weighted by Gasteiger charge is -2.12. The predicted molar refractivity (Wildman–Crippen MR) is 47.4 cm³/mol. The van der Waals surface area contributed by atoms with E-state index in [1.54, 1.807) is 0 Å². The van der Waals surface area contributed by atoms with Crippen molar-refractivity contribution in [1.29, 1.82) is 0 Å². The summed E-state index contributed by atoms with van der Waals surface area (Å²) in [6, 6.07) is 0. The number of nitrogens with zero attached hydrogens (tertiary/aromatic N) is 1. The zero-order chi connectivity index (χ0) is 13.2. The summed E-state index contributed by atoms with van der Waals surface area (Å²) in [7, 11) is 0. The van der Waals surface area contributed by atoms with Crippen molar-refractivity contribution in [3.05, 3.63) is 17.3 Å². The van der Waals surface area contributed by atoms with E-state index in [1.807, 2.05) is 0 Å². The molecule has 1 rings (SSSR count). The number of hydrogen-bond acceptors (Lipinski definition) is 5. The highest BCUT2D eigenvalue weighted by molar-refractivity contribution is 5.90. The number of aromatic carboxylic acids is 1. The second kappa shape index (κ2) is 4.45. The zero-order valence-electron chi connectivity index (χ0n) is 8.15. The molecule has 6 nitrogen and oxygen atoms in total. The van der Waals surface area contributed by atoms with Crippen molar-refractivity contribution in [2.24, 2.45) is 5.73 Å². The molecule has 4 N–H and O–H groups in total. The first-order chi connectivity index (χ1) is 7.76. The van der Waals surface area contributed by atoms with Gasteiger partial charge in [0.1, 0.15) is 0 Å². The van der Waals surface area contributed by atoms with Crippen LogP contribution in [-0.4, -0.2) is 27.5 Å². The highest BCUT2D eigenvalue weighted by atomic mass is 19.4. The van der Waals surface area contributed by atoms with Crippen molar-refractivity contribution >= 4 is 5.97 Å². The van der Waals surface area contributed by atoms with Gasteiger partial charge < -0.3 is 20.7 Å². The van der Waals surface area contributed by atoms with Gasteiger partial charge >= 0.3 is 12.3 Å². The minimum atomic E-state index is -5.04. The molecule has 0 aliphatic heterocycles. The Morgan fingerprint density at radius 2 is 2.12 bits per heavy atom. The minimum absolute atomic E-state index is 0.383. The quantitative estimate of drug-likeness (QED) is 0.736. The average molecular weight is 252 g/mol. The molecule has 1 heterocycles. The molecular formula is C8H7F3N2O4. The summed E-state index contributed by atoms with van der Waals surface area (Å²) in [6.07, 6.45) is -4.41. The standard InChI is InChI=1S/C8H7F3N2O4/c9-8(10,11)17-6-5(14)3(1-12)4(2-13-6)7(15)16/h2,14H,1,12H2,(H,15,16). The van der Waals surface area contributed by atoms with E-state index in [-0.39, 0.29) is 5.56 Å². The Bertz CT molecular complexity index is 447. The van der Waals surface area contributed by atoms with Crippen LogP contribution in [0, 0.1) is 0 Å². The fourth-order valence-electron chi connectivity index (χ4n) is 1.09. The third kappa shape index (κ3) is 2.97. The van der Waals surface area contributed by atoms with Crippen molar-refractivity contribution in [3.63, 3.8) is 0 Å². The normalized spacial score (nSPS) is 11.3. The first-order valence-electron chi connectivity index (χ1n) is 4.16. The van der Waals surface area contributed by atoms with Crippen LogP contribution in [0.3, 0.4) is 0 Å². The summed E-state index contributed by atoms with van der Waals surface area (Å²) in [5, 5.41) is 18.0. The van der Waals surface area contributed by atoms with Crippen LogP contribution in [0.2, 0.25) is 0 Å². The lowest BCUT2D eigenvalue weighted by molar-refractivity contribution is -0.276. The van der Waals surface area contributed by atoms with Gasteiger partial charge in [-0.1, -0.05) is 0 Å². The summed E-state index contributed by atoms with van der Waals surface area (Å²) >= 11 is 0. The van der Waals surface area contributed by atoms with Crippen LogP contribution >= 0.6 is 0 Å². The Morgan fingerprint density at radius 3 is 2.53 bits per heavy atom. The van der Waals surface area contributed by atoms with Gasteiger partial charge in [0.2, 0.25) is 0 Å². The van der Waals surface area contributed by atoms with E-state index >= 15 is 0 Å². The van der Waals surface area contributed by atoms with E-state index < -0.39 is 36.1 Å². The lowest BCUT2D eigenvalue weighted by atomic mass is 10.1. The molecule has 1 aromatic heterocycles. The number of hydrogen-bond donors (Lipinski definition) is 3. The van der Waals surface area contributed by atoms with Gasteiger partial charge in [-0.3, -0.25) is 0 Å². The minimum Gasteiger partial charge on any atom is -0.503 e. The van der Waals surface area contributed by atoms with Gasteiger partial charge in [0, 0.05) is 18.3 Å². The van der Waals surface area contributed by atoms with Crippen LogP contribution in [0.1, 0.15) is 15.9 Å². The van der Waals surface area contributed by atoms with Gasteiger partial charge in [-0.05, 0) is 0 Å². The third-order valence-corrected chi connectivity index (χ3v) is 1.77. The highest BCUT2D eigenvalue weighted by Gasteiger charge is 2.34. The van der Waals surface area contributed by atoms with E-state index in [4.69, 9.17) is 10.8 Å². The van der Waals surface area contributed by atoms with Crippen LogP contribution in [0.25, 0.3) is 0 Å². The maximum atomic E-state index is 11.9. The number of ether oxygens (including phenoxy) is 1. The summed E-state index contributed by atoms with van der Waals surface area (Å²) in [4.78, 5) is 13.7. The summed E-state index contributed by atoms with van der Waals surface area (Å²) in [5.74, 6) is -3.64. The third-order valence-electron chi connectivity index (χ3n) is 1.77. The number of aromatic nitrogens is 1. The summed E-state index contributed by atoms with van der Waals surface area (Å²) < 4.78 is 39.1. The number of halogens is 3. The number of carboxylic acid groups (broad SMARTS) is 1. The van der Waals surface area contributed by atoms with E-state index in [2.05, 4.69) is 9.72 Å². The Labute approximate surface area is 92.4 Å². The van der Waals surface area contributed by atoms with E-state index in [9.17, 15) is 23.1 Å². The maximum Gasteiger partial charge on any atom is 0.574 e. The fourth-order valence-corrected chi connectivity index (χ4v) is 1.09. The Balaban J connectivity index is 3.25. The molecule has 94 valence electrons. The second-order valence-corrected chi connectivity index (χ2v) is 2.86. The molecule has 0 spiro atoms. The van der Waals surface area contributed by atoms with E-state index in [1.165, 1.54) is 0 Å². The van der Waals surface area contributed by atoms with Crippen LogP contribution in [0.5, 0.6) is 11.6 Å².